The van der Waals surface area contributed by atoms with Crippen LogP contribution in [0.4, 0.5) is 26.1 Å². The lowest BCUT2D eigenvalue weighted by Crippen LogP contribution is -2.51. The highest BCUT2D eigenvalue weighted by atomic mass is 32.1. The average Bonchev–Trinajstić information content (AvgIpc) is 3.66. The predicted molar refractivity (Wildman–Crippen MR) is 168 cm³/mol. The number of carbonyl (C=O) groups excluding carboxylic acids is 2. The van der Waals surface area contributed by atoms with Gasteiger partial charge in [0.15, 0.2) is 10.9 Å². The second-order valence-electron chi connectivity index (χ2n) is 12.0. The topological polar surface area (TPSA) is 125 Å². The zero-order valence-electron chi connectivity index (χ0n) is 25.0. The number of nitrogens with zero attached hydrogens (tertiary/aromatic N) is 6. The van der Waals surface area contributed by atoms with Crippen molar-refractivity contribution in [3.8, 4) is 11.3 Å². The van der Waals surface area contributed by atoms with Gasteiger partial charge in [0.1, 0.15) is 17.1 Å². The van der Waals surface area contributed by atoms with Crippen LogP contribution in [0.15, 0.2) is 42.7 Å². The van der Waals surface area contributed by atoms with E-state index in [0.717, 1.165) is 34.4 Å². The van der Waals surface area contributed by atoms with Crippen LogP contribution in [-0.4, -0.2) is 79.6 Å². The first-order chi connectivity index (χ1) is 21.1. The summed E-state index contributed by atoms with van der Waals surface area (Å²) < 4.78 is 21.2. The quantitative estimate of drug-likeness (QED) is 0.265. The van der Waals surface area contributed by atoms with Crippen molar-refractivity contribution in [2.45, 2.75) is 58.1 Å². The molecule has 1 saturated heterocycles. The van der Waals surface area contributed by atoms with Crippen LogP contribution in [0.1, 0.15) is 56.8 Å². The van der Waals surface area contributed by atoms with Crippen molar-refractivity contribution in [3.63, 3.8) is 0 Å². The van der Waals surface area contributed by atoms with Crippen LogP contribution < -0.4 is 10.6 Å². The Balaban J connectivity index is 1.09. The summed E-state index contributed by atoms with van der Waals surface area (Å²) in [6.45, 7) is 7.06. The number of aromatic nitrogens is 4. The summed E-state index contributed by atoms with van der Waals surface area (Å²) >= 11 is 1.55. The van der Waals surface area contributed by atoms with Crippen molar-refractivity contribution in [2.24, 2.45) is 0 Å². The second-order valence-corrected chi connectivity index (χ2v) is 13.1. The predicted octanol–water partition coefficient (Wildman–Crippen LogP) is 6.08. The standard InChI is InChI=1S/C31H35FN8O3S/c1-31(2,3)43-30(42)40-14-12-39(13-15-40)27(41)20-9-11-25(33-17-20)37-28-34-18-22(32)26(38-28)19-8-10-23-24(16-19)44-29(36-23)35-21-6-4-5-7-21/h8-11,16-18,21H,4-7,12-15H2,1-3H3,(H,35,36)(H,33,34,37,38). The van der Waals surface area contributed by atoms with Gasteiger partial charge in [0.25, 0.3) is 5.91 Å². The van der Waals surface area contributed by atoms with Gasteiger partial charge in [0, 0.05) is 44.0 Å². The van der Waals surface area contributed by atoms with E-state index in [1.54, 1.807) is 33.3 Å². The zero-order valence-corrected chi connectivity index (χ0v) is 25.8. The largest absolute Gasteiger partial charge is 0.444 e. The van der Waals surface area contributed by atoms with Gasteiger partial charge in [-0.1, -0.05) is 30.2 Å². The fraction of sp³-hybridized carbons (Fsp3) is 0.419. The molecule has 13 heteroatoms. The molecule has 4 heterocycles. The highest BCUT2D eigenvalue weighted by Gasteiger charge is 2.28. The number of piperazine rings is 1. The number of hydrogen-bond donors (Lipinski definition) is 2. The van der Waals surface area contributed by atoms with Gasteiger partial charge in [0.05, 0.1) is 22.0 Å². The molecule has 0 atom stereocenters. The smallest absolute Gasteiger partial charge is 0.410 e. The summed E-state index contributed by atoms with van der Waals surface area (Å²) in [5.41, 5.74) is 1.49. The van der Waals surface area contributed by atoms with Gasteiger partial charge in [-0.15, -0.1) is 0 Å². The molecule has 230 valence electrons. The molecule has 6 rings (SSSR count). The number of benzene rings is 1. The number of ether oxygens (including phenoxy) is 1. The van der Waals surface area contributed by atoms with E-state index in [4.69, 9.17) is 9.72 Å². The van der Waals surface area contributed by atoms with Crippen LogP contribution in [0.2, 0.25) is 0 Å². The highest BCUT2D eigenvalue weighted by Crippen LogP contribution is 2.33. The van der Waals surface area contributed by atoms with Crippen LogP contribution >= 0.6 is 11.3 Å². The average molecular weight is 619 g/mol. The number of halogens is 1. The Morgan fingerprint density at radius 3 is 2.43 bits per heavy atom. The van der Waals surface area contributed by atoms with E-state index < -0.39 is 11.4 Å². The molecule has 3 aromatic heterocycles. The first kappa shape index (κ1) is 29.7. The number of pyridine rings is 1. The molecule has 2 fully saturated rings. The molecular weight excluding hydrogens is 583 g/mol. The SMILES string of the molecule is CC(C)(C)OC(=O)N1CCN(C(=O)c2ccc(Nc3ncc(F)c(-c4ccc5nc(NC6CCCC6)sc5c4)n3)nc2)CC1. The van der Waals surface area contributed by atoms with Crippen molar-refractivity contribution < 1.29 is 18.7 Å². The molecule has 1 aliphatic heterocycles. The van der Waals surface area contributed by atoms with Gasteiger partial charge < -0.3 is 25.2 Å². The van der Waals surface area contributed by atoms with Gasteiger partial charge in [0.2, 0.25) is 5.95 Å². The van der Waals surface area contributed by atoms with Crippen LogP contribution in [0.5, 0.6) is 0 Å². The van der Waals surface area contributed by atoms with Gasteiger partial charge in [-0.25, -0.2) is 29.1 Å². The lowest BCUT2D eigenvalue weighted by atomic mass is 10.1. The molecule has 0 unspecified atom stereocenters. The molecule has 1 aliphatic carbocycles. The van der Waals surface area contributed by atoms with Crippen molar-refractivity contribution >= 4 is 50.5 Å². The van der Waals surface area contributed by atoms with Crippen molar-refractivity contribution in [3.05, 3.63) is 54.1 Å². The number of nitrogens with one attached hydrogen (secondary N) is 2. The molecule has 1 saturated carbocycles. The van der Waals surface area contributed by atoms with E-state index in [9.17, 15) is 14.0 Å². The number of anilines is 3. The summed E-state index contributed by atoms with van der Waals surface area (Å²) in [5, 5.41) is 7.41. The lowest BCUT2D eigenvalue weighted by Gasteiger charge is -2.35. The molecule has 2 N–H and O–H groups in total. The van der Waals surface area contributed by atoms with Crippen molar-refractivity contribution in [2.75, 3.05) is 36.8 Å². The lowest BCUT2D eigenvalue weighted by molar-refractivity contribution is 0.0141. The number of thiazole rings is 1. The van der Waals surface area contributed by atoms with Gasteiger partial charge in [-0.2, -0.15) is 0 Å². The number of fused-ring (bicyclic) bond motifs is 1. The van der Waals surface area contributed by atoms with Crippen molar-refractivity contribution in [1.29, 1.82) is 0 Å². The maximum atomic E-state index is 14.9. The second kappa shape index (κ2) is 12.3. The Hall–Kier alpha value is -4.39. The third-order valence-corrected chi connectivity index (χ3v) is 8.51. The maximum Gasteiger partial charge on any atom is 0.410 e. The molecule has 4 aromatic rings. The molecule has 2 amide bonds. The fourth-order valence-electron chi connectivity index (χ4n) is 5.32. The highest BCUT2D eigenvalue weighted by molar-refractivity contribution is 7.22. The van der Waals surface area contributed by atoms with Gasteiger partial charge in [-0.05, 0) is 57.9 Å². The van der Waals surface area contributed by atoms with Gasteiger partial charge >= 0.3 is 6.09 Å². The zero-order chi connectivity index (χ0) is 30.8. The normalized spacial score (nSPS) is 15.9. The summed E-state index contributed by atoms with van der Waals surface area (Å²) in [5.74, 6) is -0.119. The minimum Gasteiger partial charge on any atom is -0.444 e. The first-order valence-electron chi connectivity index (χ1n) is 14.8. The molecule has 0 bridgehead atoms. The molecule has 0 spiro atoms. The minimum absolute atomic E-state index is 0.167. The Kier molecular flexibility index (Phi) is 8.30. The number of rotatable bonds is 6. The number of amides is 2. The Morgan fingerprint density at radius 2 is 1.73 bits per heavy atom. The van der Waals surface area contributed by atoms with Crippen LogP contribution in [0.25, 0.3) is 21.5 Å². The molecule has 1 aromatic carbocycles. The van der Waals surface area contributed by atoms with E-state index in [0.29, 0.717) is 49.2 Å². The molecule has 0 radical (unpaired) electrons. The molecule has 11 nitrogen and oxygen atoms in total. The van der Waals surface area contributed by atoms with E-state index in [-0.39, 0.29) is 23.6 Å². The number of carbonyl (C=O) groups is 2. The summed E-state index contributed by atoms with van der Waals surface area (Å²) in [6, 6.07) is 9.36. The summed E-state index contributed by atoms with van der Waals surface area (Å²) in [7, 11) is 0. The van der Waals surface area contributed by atoms with Crippen LogP contribution in [0.3, 0.4) is 0 Å². The third-order valence-electron chi connectivity index (χ3n) is 7.56. The Morgan fingerprint density at radius 1 is 0.977 bits per heavy atom. The maximum absolute atomic E-state index is 14.9. The summed E-state index contributed by atoms with van der Waals surface area (Å²) in [4.78, 5) is 46.2. The fourth-order valence-corrected chi connectivity index (χ4v) is 6.30. The van der Waals surface area contributed by atoms with E-state index in [1.165, 1.54) is 19.0 Å². The first-order valence-corrected chi connectivity index (χ1v) is 15.6. The monoisotopic (exact) mass is 618 g/mol. The molecule has 2 aliphatic rings. The summed E-state index contributed by atoms with van der Waals surface area (Å²) in [6.07, 6.45) is 7.03. The van der Waals surface area contributed by atoms with Crippen LogP contribution in [-0.2, 0) is 4.74 Å². The Labute approximate surface area is 258 Å². The minimum atomic E-state index is -0.571. The molecule has 44 heavy (non-hydrogen) atoms. The van der Waals surface area contributed by atoms with E-state index >= 15 is 0 Å². The third kappa shape index (κ3) is 6.88. The Bertz CT molecular complexity index is 1660. The van der Waals surface area contributed by atoms with Crippen LogP contribution in [0, 0.1) is 5.82 Å². The van der Waals surface area contributed by atoms with Gasteiger partial charge in [-0.3, -0.25) is 4.79 Å². The molecular formula is C31H35FN8O3S. The van der Waals surface area contributed by atoms with E-state index in [2.05, 4.69) is 25.6 Å². The van der Waals surface area contributed by atoms with Crippen molar-refractivity contribution in [1.82, 2.24) is 29.7 Å². The van der Waals surface area contributed by atoms with E-state index in [1.807, 2.05) is 39.0 Å². The number of hydrogen-bond acceptors (Lipinski definition) is 10.